The Hall–Kier alpha value is -1.85. The Kier molecular flexibility index (Phi) is 5.12. The Labute approximate surface area is 177 Å². The second-order valence-corrected chi connectivity index (χ2v) is 10.4. The topological polar surface area (TPSA) is 41.6 Å². The zero-order valence-electron chi connectivity index (χ0n) is 17.2. The van der Waals surface area contributed by atoms with Gasteiger partial charge >= 0.3 is 0 Å². The van der Waals surface area contributed by atoms with Crippen molar-refractivity contribution in [2.24, 2.45) is 0 Å². The molecule has 5 heteroatoms. The first kappa shape index (κ1) is 19.1. The molecule has 1 saturated carbocycles. The molecule has 3 heterocycles. The van der Waals surface area contributed by atoms with Crippen LogP contribution in [0.4, 0.5) is 0 Å². The highest BCUT2D eigenvalue weighted by molar-refractivity contribution is 7.11. The van der Waals surface area contributed by atoms with Gasteiger partial charge in [0.2, 0.25) is 5.91 Å². The van der Waals surface area contributed by atoms with E-state index in [9.17, 15) is 4.79 Å². The first-order valence-corrected chi connectivity index (χ1v) is 11.8. The molecular weight excluding hydrogens is 380 g/mol. The fourth-order valence-corrected chi connectivity index (χ4v) is 5.81. The fourth-order valence-electron chi connectivity index (χ4n) is 4.88. The van der Waals surface area contributed by atoms with E-state index in [1.165, 1.54) is 15.3 Å². The van der Waals surface area contributed by atoms with Crippen LogP contribution in [-0.4, -0.2) is 35.5 Å². The van der Waals surface area contributed by atoms with Gasteiger partial charge in [0, 0.05) is 47.8 Å². The third-order valence-electron chi connectivity index (χ3n) is 6.62. The third-order valence-corrected chi connectivity index (χ3v) is 7.61. The lowest BCUT2D eigenvalue weighted by molar-refractivity contribution is -0.122. The Morgan fingerprint density at radius 1 is 1.21 bits per heavy atom. The summed E-state index contributed by atoms with van der Waals surface area (Å²) in [5, 5.41) is 3.17. The minimum Gasteiger partial charge on any atom is -0.487 e. The normalized spacial score (nSPS) is 23.4. The van der Waals surface area contributed by atoms with Gasteiger partial charge in [-0.1, -0.05) is 18.2 Å². The van der Waals surface area contributed by atoms with Crippen LogP contribution in [0, 0.1) is 6.92 Å². The quantitative estimate of drug-likeness (QED) is 0.782. The van der Waals surface area contributed by atoms with E-state index in [0.717, 1.165) is 57.5 Å². The Bertz CT molecular complexity index is 881. The molecule has 0 bridgehead atoms. The predicted octanol–water partition coefficient (Wildman–Crippen LogP) is 4.63. The number of hydrogen-bond acceptors (Lipinski definition) is 4. The summed E-state index contributed by atoms with van der Waals surface area (Å²) in [5.74, 6) is 1.45. The Balaban J connectivity index is 1.27. The van der Waals surface area contributed by atoms with E-state index in [4.69, 9.17) is 4.74 Å². The minimum atomic E-state index is -0.124. The van der Waals surface area contributed by atoms with E-state index in [1.54, 1.807) is 0 Å². The minimum absolute atomic E-state index is 0.124. The smallest absolute Gasteiger partial charge is 0.220 e. The summed E-state index contributed by atoms with van der Waals surface area (Å²) in [5.41, 5.74) is 1.08. The van der Waals surface area contributed by atoms with Crippen LogP contribution in [-0.2, 0) is 11.3 Å². The SMILES string of the molecule is Cc1ccc(CN2CCC3(CC2)CC(CC(=O)NC2CC2)c2ccccc2O3)s1. The molecule has 154 valence electrons. The number of para-hydroxylation sites is 1. The number of rotatable bonds is 5. The van der Waals surface area contributed by atoms with Gasteiger partial charge in [-0.3, -0.25) is 9.69 Å². The molecule has 1 spiro atoms. The number of aryl methyl sites for hydroxylation is 1. The molecule has 1 unspecified atom stereocenters. The molecule has 2 fully saturated rings. The standard InChI is InChI=1S/C24H30N2O2S/c1-17-6-9-20(29-17)16-26-12-10-24(11-13-26)15-18(14-23(27)25-19-7-8-19)21-4-2-3-5-22(21)28-24/h2-6,9,18-19H,7-8,10-16H2,1H3,(H,25,27). The summed E-state index contributed by atoms with van der Waals surface area (Å²) in [6, 6.07) is 13.2. The molecule has 3 aliphatic rings. The van der Waals surface area contributed by atoms with Crippen LogP contribution in [0.1, 0.15) is 59.8 Å². The van der Waals surface area contributed by atoms with E-state index in [-0.39, 0.29) is 17.4 Å². The van der Waals surface area contributed by atoms with E-state index < -0.39 is 0 Å². The molecule has 1 saturated heterocycles. The number of carbonyl (C=O) groups excluding carboxylic acids is 1. The first-order valence-electron chi connectivity index (χ1n) is 10.9. The summed E-state index contributed by atoms with van der Waals surface area (Å²) in [7, 11) is 0. The van der Waals surface area contributed by atoms with Crippen molar-refractivity contribution in [3.05, 3.63) is 51.7 Å². The average molecular weight is 411 g/mol. The lowest BCUT2D eigenvalue weighted by Gasteiger charge is -2.47. The van der Waals surface area contributed by atoms with E-state index in [1.807, 2.05) is 17.4 Å². The number of likely N-dealkylation sites (tertiary alicyclic amines) is 1. The van der Waals surface area contributed by atoms with Crippen LogP contribution in [0.15, 0.2) is 36.4 Å². The van der Waals surface area contributed by atoms with Gasteiger partial charge in [-0.2, -0.15) is 0 Å². The molecular formula is C24H30N2O2S. The summed E-state index contributed by atoms with van der Waals surface area (Å²) >= 11 is 1.90. The highest BCUT2D eigenvalue weighted by Crippen LogP contribution is 2.46. The molecule has 4 nitrogen and oxygen atoms in total. The monoisotopic (exact) mass is 410 g/mol. The Morgan fingerprint density at radius 2 is 2.00 bits per heavy atom. The van der Waals surface area contributed by atoms with Crippen LogP contribution < -0.4 is 10.1 Å². The zero-order chi connectivity index (χ0) is 19.8. The Morgan fingerprint density at radius 3 is 2.72 bits per heavy atom. The van der Waals surface area contributed by atoms with Gasteiger partial charge in [-0.15, -0.1) is 11.3 Å². The summed E-state index contributed by atoms with van der Waals surface area (Å²) < 4.78 is 6.61. The van der Waals surface area contributed by atoms with Gasteiger partial charge in [-0.25, -0.2) is 0 Å². The van der Waals surface area contributed by atoms with Crippen LogP contribution in [0.3, 0.4) is 0 Å². The number of benzene rings is 1. The number of nitrogens with zero attached hydrogens (tertiary/aromatic N) is 1. The van der Waals surface area contributed by atoms with Gasteiger partial charge in [0.25, 0.3) is 0 Å². The van der Waals surface area contributed by atoms with Crippen LogP contribution in [0.2, 0.25) is 0 Å². The lowest BCUT2D eigenvalue weighted by Crippen LogP contribution is -2.50. The zero-order valence-corrected chi connectivity index (χ0v) is 18.0. The molecule has 1 aromatic heterocycles. The lowest BCUT2D eigenvalue weighted by atomic mass is 9.76. The number of nitrogens with one attached hydrogen (secondary N) is 1. The second-order valence-electron chi connectivity index (χ2n) is 9.06. The second kappa shape index (κ2) is 7.77. The molecule has 1 amide bonds. The maximum atomic E-state index is 12.5. The molecule has 5 rings (SSSR count). The number of fused-ring (bicyclic) bond motifs is 1. The molecule has 1 aliphatic carbocycles. The predicted molar refractivity (Wildman–Crippen MR) is 117 cm³/mol. The van der Waals surface area contributed by atoms with Gasteiger partial charge in [-0.05, 0) is 62.8 Å². The summed E-state index contributed by atoms with van der Waals surface area (Å²) in [6.07, 6.45) is 5.88. The molecule has 29 heavy (non-hydrogen) atoms. The average Bonchev–Trinajstić information content (AvgIpc) is 3.42. The van der Waals surface area contributed by atoms with Gasteiger partial charge in [0.1, 0.15) is 11.4 Å². The number of carbonyl (C=O) groups is 1. The van der Waals surface area contributed by atoms with Crippen molar-refractivity contribution in [1.82, 2.24) is 10.2 Å². The molecule has 0 radical (unpaired) electrons. The van der Waals surface area contributed by atoms with Crippen molar-refractivity contribution in [2.75, 3.05) is 13.1 Å². The molecule has 2 aromatic rings. The van der Waals surface area contributed by atoms with Gasteiger partial charge in [0.05, 0.1) is 0 Å². The number of piperidine rings is 1. The van der Waals surface area contributed by atoms with Gasteiger partial charge < -0.3 is 10.1 Å². The highest BCUT2D eigenvalue weighted by atomic mass is 32.1. The van der Waals surface area contributed by atoms with Crippen LogP contribution in [0.25, 0.3) is 0 Å². The highest BCUT2D eigenvalue weighted by Gasteiger charge is 2.43. The summed E-state index contributed by atoms with van der Waals surface area (Å²) in [4.78, 5) is 17.9. The van der Waals surface area contributed by atoms with E-state index >= 15 is 0 Å². The molecule has 2 aliphatic heterocycles. The number of thiophene rings is 1. The van der Waals surface area contributed by atoms with E-state index in [2.05, 4.69) is 47.5 Å². The van der Waals surface area contributed by atoms with Crippen molar-refractivity contribution in [2.45, 2.75) is 69.6 Å². The number of ether oxygens (including phenoxy) is 1. The van der Waals surface area contributed by atoms with Crippen molar-refractivity contribution >= 4 is 17.2 Å². The van der Waals surface area contributed by atoms with E-state index in [0.29, 0.717) is 12.5 Å². The van der Waals surface area contributed by atoms with Crippen molar-refractivity contribution in [3.63, 3.8) is 0 Å². The molecule has 1 N–H and O–H groups in total. The number of hydrogen-bond donors (Lipinski definition) is 1. The van der Waals surface area contributed by atoms with Crippen molar-refractivity contribution < 1.29 is 9.53 Å². The fraction of sp³-hybridized carbons (Fsp3) is 0.542. The first-order chi connectivity index (χ1) is 14.1. The third kappa shape index (κ3) is 4.36. The van der Waals surface area contributed by atoms with Crippen LogP contribution >= 0.6 is 11.3 Å². The molecule has 1 atom stereocenters. The van der Waals surface area contributed by atoms with Crippen LogP contribution in [0.5, 0.6) is 5.75 Å². The van der Waals surface area contributed by atoms with Gasteiger partial charge in [0.15, 0.2) is 0 Å². The largest absolute Gasteiger partial charge is 0.487 e. The van der Waals surface area contributed by atoms with Crippen molar-refractivity contribution in [3.8, 4) is 5.75 Å². The maximum absolute atomic E-state index is 12.5. The van der Waals surface area contributed by atoms with Crippen molar-refractivity contribution in [1.29, 1.82) is 0 Å². The number of amides is 1. The molecule has 1 aromatic carbocycles. The maximum Gasteiger partial charge on any atom is 0.220 e. The summed E-state index contributed by atoms with van der Waals surface area (Å²) in [6.45, 7) is 5.32.